The summed E-state index contributed by atoms with van der Waals surface area (Å²) in [5, 5.41) is 10.6. The summed E-state index contributed by atoms with van der Waals surface area (Å²) in [7, 11) is -3.97. The lowest BCUT2D eigenvalue weighted by molar-refractivity contribution is -0.385. The predicted octanol–water partition coefficient (Wildman–Crippen LogP) is 1.09. The van der Waals surface area contributed by atoms with Crippen LogP contribution in [0, 0.1) is 10.1 Å². The summed E-state index contributed by atoms with van der Waals surface area (Å²) >= 11 is 0. The quantitative estimate of drug-likeness (QED) is 0.452. The van der Waals surface area contributed by atoms with Gasteiger partial charge in [0.15, 0.2) is 0 Å². The maximum Gasteiger partial charge on any atom is 0.297 e. The number of ether oxygens (including phenoxy) is 1. The molecule has 7 nitrogen and oxygen atoms in total. The van der Waals surface area contributed by atoms with Crippen LogP contribution >= 0.6 is 0 Å². The van der Waals surface area contributed by atoms with Crippen molar-refractivity contribution in [2.75, 3.05) is 13.2 Å². The summed E-state index contributed by atoms with van der Waals surface area (Å²) in [5.74, 6) is 0. The Morgan fingerprint density at radius 3 is 2.78 bits per heavy atom. The number of rotatable bonds is 5. The fourth-order valence-electron chi connectivity index (χ4n) is 1.40. The summed E-state index contributed by atoms with van der Waals surface area (Å²) in [4.78, 5) is 9.67. The molecule has 0 aromatic heterocycles. The molecule has 1 aromatic carbocycles. The highest BCUT2D eigenvalue weighted by molar-refractivity contribution is 7.86. The number of hydrogen-bond donors (Lipinski definition) is 0. The van der Waals surface area contributed by atoms with Crippen molar-refractivity contribution < 1.29 is 22.3 Å². The van der Waals surface area contributed by atoms with Gasteiger partial charge in [-0.05, 0) is 12.5 Å². The van der Waals surface area contributed by atoms with Crippen molar-refractivity contribution in [2.45, 2.75) is 17.4 Å². The topological polar surface area (TPSA) is 95.7 Å². The molecule has 0 aliphatic carbocycles. The maximum atomic E-state index is 11.8. The Bertz CT molecular complexity index is 551. The van der Waals surface area contributed by atoms with E-state index in [4.69, 9.17) is 8.92 Å². The monoisotopic (exact) mass is 273 g/mol. The summed E-state index contributed by atoms with van der Waals surface area (Å²) < 4.78 is 33.3. The molecular weight excluding hydrogens is 262 g/mol. The van der Waals surface area contributed by atoms with E-state index in [-0.39, 0.29) is 23.3 Å². The van der Waals surface area contributed by atoms with E-state index < -0.39 is 15.0 Å². The molecule has 18 heavy (non-hydrogen) atoms. The van der Waals surface area contributed by atoms with Crippen LogP contribution in [0.15, 0.2) is 29.2 Å². The molecule has 0 N–H and O–H groups in total. The van der Waals surface area contributed by atoms with Crippen molar-refractivity contribution in [1.29, 1.82) is 0 Å². The van der Waals surface area contributed by atoms with Gasteiger partial charge < -0.3 is 4.74 Å². The maximum absolute atomic E-state index is 11.8. The molecule has 8 heteroatoms. The van der Waals surface area contributed by atoms with Crippen LogP contribution in [-0.2, 0) is 19.0 Å². The fraction of sp³-hybridized carbons (Fsp3) is 0.400. The smallest absolute Gasteiger partial charge is 0.297 e. The second-order valence-corrected chi connectivity index (χ2v) is 5.39. The molecule has 1 heterocycles. The first-order valence-corrected chi connectivity index (χ1v) is 6.65. The SMILES string of the molecule is O=[N+]([O-])c1cccc(S(=O)(=O)OCC2CCO2)c1. The zero-order valence-corrected chi connectivity index (χ0v) is 10.1. The molecule has 1 unspecified atom stereocenters. The summed E-state index contributed by atoms with van der Waals surface area (Å²) in [6.07, 6.45) is 0.545. The van der Waals surface area contributed by atoms with E-state index in [0.717, 1.165) is 12.5 Å². The second kappa shape index (κ2) is 5.01. The van der Waals surface area contributed by atoms with Crippen LogP contribution in [0.1, 0.15) is 6.42 Å². The molecule has 98 valence electrons. The average Bonchev–Trinajstić information content (AvgIpc) is 2.27. The Morgan fingerprint density at radius 2 is 2.22 bits per heavy atom. The molecule has 0 bridgehead atoms. The molecule has 1 aliphatic rings. The molecule has 2 rings (SSSR count). The van der Waals surface area contributed by atoms with Gasteiger partial charge in [0.05, 0.1) is 17.6 Å². The van der Waals surface area contributed by atoms with Gasteiger partial charge in [0, 0.05) is 18.7 Å². The molecule has 0 amide bonds. The fourth-order valence-corrected chi connectivity index (χ4v) is 2.38. The lowest BCUT2D eigenvalue weighted by Crippen LogP contribution is -2.32. The minimum atomic E-state index is -3.97. The predicted molar refractivity (Wildman–Crippen MR) is 60.6 cm³/mol. The minimum absolute atomic E-state index is 0.0645. The van der Waals surface area contributed by atoms with Gasteiger partial charge in [0.25, 0.3) is 15.8 Å². The van der Waals surface area contributed by atoms with Gasteiger partial charge in [-0.15, -0.1) is 0 Å². The first kappa shape index (κ1) is 12.9. The van der Waals surface area contributed by atoms with Gasteiger partial charge in [0.2, 0.25) is 0 Å². The molecule has 1 atom stereocenters. The van der Waals surface area contributed by atoms with Crippen LogP contribution in [0.3, 0.4) is 0 Å². The van der Waals surface area contributed by atoms with Gasteiger partial charge in [-0.3, -0.25) is 14.3 Å². The number of nitrogens with zero attached hydrogens (tertiary/aromatic N) is 1. The van der Waals surface area contributed by atoms with E-state index in [2.05, 4.69) is 0 Å². The van der Waals surface area contributed by atoms with Gasteiger partial charge in [-0.2, -0.15) is 8.42 Å². The highest BCUT2D eigenvalue weighted by atomic mass is 32.2. The van der Waals surface area contributed by atoms with Crippen LogP contribution < -0.4 is 0 Å². The van der Waals surface area contributed by atoms with E-state index in [9.17, 15) is 18.5 Å². The standard InChI is InChI=1S/C10H11NO6S/c12-11(13)8-2-1-3-10(6-8)18(14,15)17-7-9-4-5-16-9/h1-3,6,9H,4-5,7H2. The molecule has 1 aromatic rings. The number of nitro benzene ring substituents is 1. The molecular formula is C10H11NO6S. The van der Waals surface area contributed by atoms with Gasteiger partial charge >= 0.3 is 0 Å². The Balaban J connectivity index is 2.12. The Labute approximate surface area is 104 Å². The lowest BCUT2D eigenvalue weighted by atomic mass is 10.2. The summed E-state index contributed by atoms with van der Waals surface area (Å²) in [6, 6.07) is 4.74. The average molecular weight is 273 g/mol. The normalized spacial score (nSPS) is 19.2. The molecule has 0 spiro atoms. The van der Waals surface area contributed by atoms with Crippen LogP contribution in [0.2, 0.25) is 0 Å². The second-order valence-electron chi connectivity index (χ2n) is 3.77. The molecule has 1 fully saturated rings. The summed E-state index contributed by atoms with van der Waals surface area (Å²) in [5.41, 5.74) is -0.292. The van der Waals surface area contributed by atoms with Crippen LogP contribution in [0.4, 0.5) is 5.69 Å². The Morgan fingerprint density at radius 1 is 1.50 bits per heavy atom. The highest BCUT2D eigenvalue weighted by Crippen LogP contribution is 2.20. The third kappa shape index (κ3) is 2.84. The van der Waals surface area contributed by atoms with Gasteiger partial charge in [-0.25, -0.2) is 0 Å². The Hall–Kier alpha value is -1.51. The molecule has 0 saturated carbocycles. The van der Waals surface area contributed by atoms with E-state index in [1.807, 2.05) is 0 Å². The molecule has 1 saturated heterocycles. The van der Waals surface area contributed by atoms with Gasteiger partial charge in [0.1, 0.15) is 4.90 Å². The van der Waals surface area contributed by atoms with E-state index >= 15 is 0 Å². The third-order valence-electron chi connectivity index (χ3n) is 2.52. The number of non-ortho nitro benzene ring substituents is 1. The molecule has 1 aliphatic heterocycles. The lowest BCUT2D eigenvalue weighted by Gasteiger charge is -2.25. The minimum Gasteiger partial charge on any atom is -0.376 e. The summed E-state index contributed by atoms with van der Waals surface area (Å²) in [6.45, 7) is 0.538. The largest absolute Gasteiger partial charge is 0.376 e. The van der Waals surface area contributed by atoms with Crippen LogP contribution in [0.5, 0.6) is 0 Å². The van der Waals surface area contributed by atoms with Crippen LogP contribution in [-0.4, -0.2) is 32.7 Å². The Kier molecular flexibility index (Phi) is 3.60. The van der Waals surface area contributed by atoms with Crippen LogP contribution in [0.25, 0.3) is 0 Å². The van der Waals surface area contributed by atoms with Crippen molar-refractivity contribution in [3.63, 3.8) is 0 Å². The van der Waals surface area contributed by atoms with Crippen molar-refractivity contribution in [3.8, 4) is 0 Å². The molecule has 0 radical (unpaired) electrons. The van der Waals surface area contributed by atoms with Crippen molar-refractivity contribution >= 4 is 15.8 Å². The van der Waals surface area contributed by atoms with Crippen molar-refractivity contribution in [2.24, 2.45) is 0 Å². The number of benzene rings is 1. The number of hydrogen-bond acceptors (Lipinski definition) is 6. The number of nitro groups is 1. The van der Waals surface area contributed by atoms with Crippen molar-refractivity contribution in [3.05, 3.63) is 34.4 Å². The van der Waals surface area contributed by atoms with Gasteiger partial charge in [-0.1, -0.05) is 6.07 Å². The zero-order chi connectivity index (χ0) is 13.2. The highest BCUT2D eigenvalue weighted by Gasteiger charge is 2.24. The third-order valence-corrected chi connectivity index (χ3v) is 3.80. The first-order valence-electron chi connectivity index (χ1n) is 5.24. The van der Waals surface area contributed by atoms with E-state index in [0.29, 0.717) is 6.61 Å². The van der Waals surface area contributed by atoms with E-state index in [1.54, 1.807) is 0 Å². The zero-order valence-electron chi connectivity index (χ0n) is 9.31. The van der Waals surface area contributed by atoms with Crippen molar-refractivity contribution in [1.82, 2.24) is 0 Å². The first-order chi connectivity index (χ1) is 8.49. The van der Waals surface area contributed by atoms with E-state index in [1.165, 1.54) is 18.2 Å².